The van der Waals surface area contributed by atoms with Crippen molar-refractivity contribution in [3.05, 3.63) is 53.1 Å². The number of benzene rings is 1. The fraction of sp³-hybridized carbons (Fsp3) is 0.435. The van der Waals surface area contributed by atoms with Crippen LogP contribution in [0.3, 0.4) is 0 Å². The van der Waals surface area contributed by atoms with Crippen LogP contribution in [0, 0.1) is 11.7 Å². The van der Waals surface area contributed by atoms with Crippen LogP contribution in [0.15, 0.2) is 36.7 Å². The number of hydrogen-bond donors (Lipinski definition) is 2. The Morgan fingerprint density at radius 2 is 1.94 bits per heavy atom. The quantitative estimate of drug-likeness (QED) is 0.591. The second kappa shape index (κ2) is 8.55. The van der Waals surface area contributed by atoms with Gasteiger partial charge in [-0.2, -0.15) is 0 Å². The van der Waals surface area contributed by atoms with E-state index in [0.29, 0.717) is 16.6 Å². The zero-order valence-corrected chi connectivity index (χ0v) is 17.9. The maximum Gasteiger partial charge on any atom is 0.172 e. The third-order valence-corrected chi connectivity index (χ3v) is 6.56. The first-order chi connectivity index (χ1) is 15.1. The molecule has 2 aromatic heterocycles. The van der Waals surface area contributed by atoms with Crippen LogP contribution in [0.2, 0.25) is 5.02 Å². The Balaban J connectivity index is 1.37. The summed E-state index contributed by atoms with van der Waals surface area (Å²) in [6.07, 6.45) is 7.43. The van der Waals surface area contributed by atoms with Crippen molar-refractivity contribution >= 4 is 34.3 Å². The number of nitrogens with one attached hydrogen (secondary N) is 1. The summed E-state index contributed by atoms with van der Waals surface area (Å²) in [5.74, 6) is 1.26. The van der Waals surface area contributed by atoms with Gasteiger partial charge in [0.2, 0.25) is 0 Å². The summed E-state index contributed by atoms with van der Waals surface area (Å²) in [7, 11) is 0. The lowest BCUT2D eigenvalue weighted by molar-refractivity contribution is 0.203. The molecule has 0 amide bonds. The molecule has 0 spiro atoms. The highest BCUT2D eigenvalue weighted by Crippen LogP contribution is 2.37. The highest BCUT2D eigenvalue weighted by atomic mass is 35.5. The lowest BCUT2D eigenvalue weighted by Crippen LogP contribution is -2.37. The third-order valence-electron chi connectivity index (χ3n) is 6.33. The Kier molecular flexibility index (Phi) is 5.63. The van der Waals surface area contributed by atoms with E-state index in [9.17, 15) is 9.50 Å². The van der Waals surface area contributed by atoms with Crippen molar-refractivity contribution in [1.29, 1.82) is 0 Å². The maximum atomic E-state index is 14.4. The summed E-state index contributed by atoms with van der Waals surface area (Å²) in [4.78, 5) is 16.1. The Morgan fingerprint density at radius 3 is 2.68 bits per heavy atom. The summed E-state index contributed by atoms with van der Waals surface area (Å²) < 4.78 is 14.4. The molecule has 8 heteroatoms. The van der Waals surface area contributed by atoms with Crippen molar-refractivity contribution in [1.82, 2.24) is 15.0 Å². The van der Waals surface area contributed by atoms with E-state index in [2.05, 4.69) is 15.2 Å². The van der Waals surface area contributed by atoms with E-state index in [1.54, 1.807) is 24.5 Å². The summed E-state index contributed by atoms with van der Waals surface area (Å²) in [5.41, 5.74) is 2.10. The molecular weight excluding hydrogens is 417 g/mol. The monoisotopic (exact) mass is 441 g/mol. The molecule has 162 valence electrons. The van der Waals surface area contributed by atoms with Gasteiger partial charge in [0.15, 0.2) is 11.6 Å². The van der Waals surface area contributed by atoms with Crippen LogP contribution in [-0.2, 0) is 0 Å². The van der Waals surface area contributed by atoms with E-state index >= 15 is 0 Å². The van der Waals surface area contributed by atoms with Crippen molar-refractivity contribution in [2.24, 2.45) is 5.92 Å². The van der Waals surface area contributed by atoms with Gasteiger partial charge < -0.3 is 15.3 Å². The minimum absolute atomic E-state index is 0.0993. The first-order valence-corrected chi connectivity index (χ1v) is 11.2. The number of nitrogens with zero attached hydrogens (tertiary/aromatic N) is 4. The minimum atomic E-state index is -0.310. The number of anilines is 2. The molecule has 31 heavy (non-hydrogen) atoms. The molecule has 0 radical (unpaired) electrons. The number of fused-ring (bicyclic) bond motifs is 1. The highest BCUT2D eigenvalue weighted by Gasteiger charge is 2.31. The summed E-state index contributed by atoms with van der Waals surface area (Å²) in [6.45, 7) is 1.43. The highest BCUT2D eigenvalue weighted by molar-refractivity contribution is 6.30. The summed E-state index contributed by atoms with van der Waals surface area (Å²) in [5, 5.41) is 14.0. The van der Waals surface area contributed by atoms with Crippen LogP contribution in [0.5, 0.6) is 0 Å². The molecule has 6 nitrogen and oxygen atoms in total. The van der Waals surface area contributed by atoms with E-state index in [-0.39, 0.29) is 24.3 Å². The van der Waals surface area contributed by atoms with E-state index in [4.69, 9.17) is 21.6 Å². The van der Waals surface area contributed by atoms with Crippen LogP contribution in [0.1, 0.15) is 37.2 Å². The van der Waals surface area contributed by atoms with Gasteiger partial charge in [0.05, 0.1) is 18.3 Å². The van der Waals surface area contributed by atoms with Crippen LogP contribution in [0.25, 0.3) is 11.0 Å². The lowest BCUT2D eigenvalue weighted by Gasteiger charge is -2.37. The molecule has 1 aromatic carbocycles. The van der Waals surface area contributed by atoms with Crippen molar-refractivity contribution in [2.75, 3.05) is 29.9 Å². The number of rotatable bonds is 6. The van der Waals surface area contributed by atoms with Gasteiger partial charge >= 0.3 is 0 Å². The Labute approximate surface area is 185 Å². The number of pyridine rings is 1. The average molecular weight is 442 g/mol. The van der Waals surface area contributed by atoms with Gasteiger partial charge in [-0.3, -0.25) is 4.98 Å². The number of aliphatic hydroxyl groups excluding tert-OH is 1. The average Bonchev–Trinajstić information content (AvgIpc) is 3.61. The van der Waals surface area contributed by atoms with Crippen LogP contribution >= 0.6 is 11.6 Å². The van der Waals surface area contributed by atoms with Gasteiger partial charge in [0.25, 0.3) is 0 Å². The second-order valence-corrected chi connectivity index (χ2v) is 8.89. The predicted octanol–water partition coefficient (Wildman–Crippen LogP) is 4.38. The Hall–Kier alpha value is -2.51. The molecule has 2 N–H and O–H groups in total. The van der Waals surface area contributed by atoms with Crippen molar-refractivity contribution in [3.63, 3.8) is 0 Å². The van der Waals surface area contributed by atoms with Crippen LogP contribution < -0.4 is 10.2 Å². The molecule has 0 bridgehead atoms. The molecule has 1 saturated heterocycles. The van der Waals surface area contributed by atoms with Crippen LogP contribution in [-0.4, -0.2) is 45.8 Å². The SMILES string of the molecule is OCC(c1cc(Cl)ccc1F)C1CCN(c2nc3cnccc3nc2NC2CC2)CC1. The maximum absolute atomic E-state index is 14.4. The van der Waals surface area contributed by atoms with Crippen molar-refractivity contribution < 1.29 is 9.50 Å². The number of aliphatic hydroxyl groups is 1. The fourth-order valence-corrected chi connectivity index (χ4v) is 4.63. The molecule has 1 saturated carbocycles. The second-order valence-electron chi connectivity index (χ2n) is 8.46. The minimum Gasteiger partial charge on any atom is -0.396 e. The van der Waals surface area contributed by atoms with Gasteiger partial charge in [-0.25, -0.2) is 14.4 Å². The molecule has 5 rings (SSSR count). The normalized spacial score (nSPS) is 18.4. The van der Waals surface area contributed by atoms with Crippen LogP contribution in [0.4, 0.5) is 16.0 Å². The largest absolute Gasteiger partial charge is 0.396 e. The first kappa shape index (κ1) is 20.4. The molecule has 2 aliphatic rings. The molecule has 1 aliphatic heterocycles. The summed E-state index contributed by atoms with van der Waals surface area (Å²) in [6, 6.07) is 6.91. The van der Waals surface area contributed by atoms with E-state index < -0.39 is 0 Å². The van der Waals surface area contributed by atoms with E-state index in [1.165, 1.54) is 6.07 Å². The first-order valence-electron chi connectivity index (χ1n) is 10.8. The van der Waals surface area contributed by atoms with Crippen molar-refractivity contribution in [3.8, 4) is 0 Å². The number of aromatic nitrogens is 3. The topological polar surface area (TPSA) is 74.2 Å². The van der Waals surface area contributed by atoms with Gasteiger partial charge in [0.1, 0.15) is 11.3 Å². The standard InChI is InChI=1S/C23H25ClFN5O/c24-15-1-4-19(25)17(11-15)18(13-31)14-6-9-30(10-7-14)23-22(27-16-2-3-16)28-20-5-8-26-12-21(20)29-23/h1,4-5,8,11-12,14,16,18,31H,2-3,6-7,9-10,13H2,(H,27,28). The number of piperidine rings is 1. The molecule has 1 unspecified atom stereocenters. The molecular formula is C23H25ClFN5O. The van der Waals surface area contributed by atoms with Crippen molar-refractivity contribution in [2.45, 2.75) is 37.6 Å². The van der Waals surface area contributed by atoms with E-state index in [0.717, 1.165) is 61.4 Å². The molecule has 1 atom stereocenters. The Bertz CT molecular complexity index is 1080. The molecule has 2 fully saturated rings. The molecule has 1 aliphatic carbocycles. The lowest BCUT2D eigenvalue weighted by atomic mass is 9.80. The zero-order valence-electron chi connectivity index (χ0n) is 17.1. The molecule has 3 heterocycles. The number of hydrogen-bond acceptors (Lipinski definition) is 6. The fourth-order valence-electron chi connectivity index (χ4n) is 4.45. The molecule has 3 aromatic rings. The third kappa shape index (κ3) is 4.29. The smallest absolute Gasteiger partial charge is 0.172 e. The predicted molar refractivity (Wildman–Crippen MR) is 120 cm³/mol. The van der Waals surface area contributed by atoms with Gasteiger partial charge in [0, 0.05) is 36.3 Å². The number of halogens is 2. The zero-order chi connectivity index (χ0) is 21.4. The Morgan fingerprint density at radius 1 is 1.13 bits per heavy atom. The van der Waals surface area contributed by atoms with E-state index in [1.807, 2.05) is 6.07 Å². The van der Waals surface area contributed by atoms with Gasteiger partial charge in [-0.15, -0.1) is 0 Å². The van der Waals surface area contributed by atoms with Gasteiger partial charge in [-0.05, 0) is 61.4 Å². The summed E-state index contributed by atoms with van der Waals surface area (Å²) >= 11 is 6.09. The van der Waals surface area contributed by atoms with Gasteiger partial charge in [-0.1, -0.05) is 11.6 Å².